The van der Waals surface area contributed by atoms with E-state index in [9.17, 15) is 4.79 Å². The quantitative estimate of drug-likeness (QED) is 0.845. The minimum Gasteiger partial charge on any atom is -0.373 e. The number of carbonyl (C=O) groups excluding carboxylic acids is 1. The van der Waals surface area contributed by atoms with Crippen LogP contribution in [0, 0.1) is 0 Å². The Hall–Kier alpha value is -2.47. The Morgan fingerprint density at radius 1 is 1.17 bits per heavy atom. The van der Waals surface area contributed by atoms with Crippen molar-refractivity contribution in [3.05, 3.63) is 53.0 Å². The van der Waals surface area contributed by atoms with Gasteiger partial charge in [-0.05, 0) is 31.4 Å². The van der Waals surface area contributed by atoms with Crippen molar-refractivity contribution in [2.45, 2.75) is 51.6 Å². The maximum Gasteiger partial charge on any atom is 0.219 e. The minimum absolute atomic E-state index is 0.112. The van der Waals surface area contributed by atoms with Crippen molar-refractivity contribution in [3.63, 3.8) is 0 Å². The van der Waals surface area contributed by atoms with Crippen LogP contribution in [0.25, 0.3) is 0 Å². The van der Waals surface area contributed by atoms with E-state index in [0.29, 0.717) is 6.54 Å². The number of rotatable bonds is 5. The molecule has 1 saturated heterocycles. The summed E-state index contributed by atoms with van der Waals surface area (Å²) < 4.78 is 0. The van der Waals surface area contributed by atoms with Gasteiger partial charge < -0.3 is 10.2 Å². The van der Waals surface area contributed by atoms with E-state index in [1.165, 1.54) is 18.4 Å². The Morgan fingerprint density at radius 3 is 2.76 bits per heavy atom. The highest BCUT2D eigenvalue weighted by molar-refractivity contribution is 5.74. The summed E-state index contributed by atoms with van der Waals surface area (Å²) in [4.78, 5) is 26.2. The lowest BCUT2D eigenvalue weighted by Crippen LogP contribution is -2.38. The zero-order chi connectivity index (χ0) is 20.2. The molecule has 1 amide bonds. The molecule has 0 unspecified atom stereocenters. The Kier molecular flexibility index (Phi) is 6.09. The number of fused-ring (bicyclic) bond motifs is 1. The largest absolute Gasteiger partial charge is 0.373 e. The lowest BCUT2D eigenvalue weighted by atomic mass is 9.99. The van der Waals surface area contributed by atoms with Crippen molar-refractivity contribution in [2.75, 3.05) is 32.0 Å². The molecule has 6 heteroatoms. The Bertz CT molecular complexity index is 837. The normalized spacial score (nSPS) is 19.7. The Balaban J connectivity index is 1.56. The lowest BCUT2D eigenvalue weighted by molar-refractivity contribution is -0.129. The molecule has 3 heterocycles. The van der Waals surface area contributed by atoms with E-state index in [1.54, 1.807) is 6.92 Å². The standard InChI is InChI=1S/C23H31N5O/c1-17(29)28-15-12-20-19(16-28)22(24-2)26-23(25-20)21-10-6-7-13-27(21)14-11-18-8-4-3-5-9-18/h3-5,8-9,21H,6-7,10-16H2,1-2H3,(H,24,25,26)/t21-/m0/s1. The first-order valence-corrected chi connectivity index (χ1v) is 10.8. The van der Waals surface area contributed by atoms with Crippen LogP contribution < -0.4 is 5.32 Å². The average Bonchev–Trinajstić information content (AvgIpc) is 2.77. The first-order valence-electron chi connectivity index (χ1n) is 10.8. The molecule has 0 saturated carbocycles. The summed E-state index contributed by atoms with van der Waals surface area (Å²) >= 11 is 0. The molecule has 4 rings (SSSR count). The summed E-state index contributed by atoms with van der Waals surface area (Å²) in [5.41, 5.74) is 3.55. The number of nitrogens with zero attached hydrogens (tertiary/aromatic N) is 4. The summed E-state index contributed by atoms with van der Waals surface area (Å²) in [6.45, 7) is 5.10. The van der Waals surface area contributed by atoms with E-state index >= 15 is 0 Å². The third-order valence-electron chi connectivity index (χ3n) is 6.20. The number of amides is 1. The van der Waals surface area contributed by atoms with Crippen LogP contribution in [-0.4, -0.2) is 52.4 Å². The molecule has 0 spiro atoms. The highest BCUT2D eigenvalue weighted by Crippen LogP contribution is 2.32. The molecular weight excluding hydrogens is 362 g/mol. The van der Waals surface area contributed by atoms with Gasteiger partial charge in [-0.3, -0.25) is 9.69 Å². The predicted molar refractivity (Wildman–Crippen MR) is 115 cm³/mol. The first-order chi connectivity index (χ1) is 14.2. The van der Waals surface area contributed by atoms with Crippen LogP contribution in [0.5, 0.6) is 0 Å². The Morgan fingerprint density at radius 2 is 2.00 bits per heavy atom. The van der Waals surface area contributed by atoms with Gasteiger partial charge >= 0.3 is 0 Å². The molecular formula is C23H31N5O. The van der Waals surface area contributed by atoms with Crippen molar-refractivity contribution >= 4 is 11.7 Å². The monoisotopic (exact) mass is 393 g/mol. The number of carbonyl (C=O) groups is 1. The average molecular weight is 394 g/mol. The topological polar surface area (TPSA) is 61.4 Å². The van der Waals surface area contributed by atoms with Crippen molar-refractivity contribution in [3.8, 4) is 0 Å². The summed E-state index contributed by atoms with van der Waals surface area (Å²) in [5.74, 6) is 1.93. The van der Waals surface area contributed by atoms with E-state index in [-0.39, 0.29) is 11.9 Å². The first kappa shape index (κ1) is 19.8. The highest BCUT2D eigenvalue weighted by atomic mass is 16.2. The number of anilines is 1. The van der Waals surface area contributed by atoms with Gasteiger partial charge in [0.15, 0.2) is 0 Å². The molecule has 0 aliphatic carbocycles. The molecule has 2 aromatic rings. The van der Waals surface area contributed by atoms with Gasteiger partial charge in [-0.15, -0.1) is 0 Å². The van der Waals surface area contributed by atoms with Gasteiger partial charge in [-0.1, -0.05) is 36.8 Å². The smallest absolute Gasteiger partial charge is 0.219 e. The fourth-order valence-corrected chi connectivity index (χ4v) is 4.53. The van der Waals surface area contributed by atoms with Crippen LogP contribution in [-0.2, 0) is 24.2 Å². The molecule has 1 atom stereocenters. The molecule has 6 nitrogen and oxygen atoms in total. The molecule has 1 N–H and O–H groups in total. The van der Waals surface area contributed by atoms with E-state index in [4.69, 9.17) is 9.97 Å². The zero-order valence-electron chi connectivity index (χ0n) is 17.5. The van der Waals surface area contributed by atoms with Crippen molar-refractivity contribution in [1.29, 1.82) is 0 Å². The van der Waals surface area contributed by atoms with Crippen LogP contribution in [0.1, 0.15) is 54.9 Å². The summed E-state index contributed by atoms with van der Waals surface area (Å²) in [6, 6.07) is 11.0. The summed E-state index contributed by atoms with van der Waals surface area (Å²) in [6.07, 6.45) is 5.42. The fourth-order valence-electron chi connectivity index (χ4n) is 4.53. The molecule has 0 radical (unpaired) electrons. The zero-order valence-corrected chi connectivity index (χ0v) is 17.5. The van der Waals surface area contributed by atoms with Gasteiger partial charge in [-0.2, -0.15) is 0 Å². The second kappa shape index (κ2) is 8.91. The van der Waals surface area contributed by atoms with Crippen LogP contribution in [0.4, 0.5) is 5.82 Å². The minimum atomic E-state index is 0.112. The van der Waals surface area contributed by atoms with Crippen molar-refractivity contribution in [2.24, 2.45) is 0 Å². The third-order valence-corrected chi connectivity index (χ3v) is 6.20. The molecule has 1 aromatic carbocycles. The molecule has 2 aliphatic rings. The number of piperidine rings is 1. The SMILES string of the molecule is CNc1nc([C@@H]2CCCCN2CCc2ccccc2)nc2c1CN(C(C)=O)CC2. The van der Waals surface area contributed by atoms with E-state index in [0.717, 1.165) is 61.8 Å². The number of hydrogen-bond acceptors (Lipinski definition) is 5. The second-order valence-electron chi connectivity index (χ2n) is 8.08. The molecule has 1 fully saturated rings. The molecule has 1 aromatic heterocycles. The van der Waals surface area contributed by atoms with Crippen LogP contribution >= 0.6 is 0 Å². The van der Waals surface area contributed by atoms with Gasteiger partial charge in [0.2, 0.25) is 5.91 Å². The fraction of sp³-hybridized carbons (Fsp3) is 0.522. The number of benzene rings is 1. The maximum atomic E-state index is 11.8. The predicted octanol–water partition coefficient (Wildman–Crippen LogP) is 3.19. The van der Waals surface area contributed by atoms with E-state index in [1.807, 2.05) is 11.9 Å². The molecule has 2 aliphatic heterocycles. The van der Waals surface area contributed by atoms with Crippen molar-refractivity contribution in [1.82, 2.24) is 19.8 Å². The van der Waals surface area contributed by atoms with E-state index in [2.05, 4.69) is 40.5 Å². The van der Waals surface area contributed by atoms with Crippen LogP contribution in [0.3, 0.4) is 0 Å². The lowest BCUT2D eigenvalue weighted by Gasteiger charge is -2.36. The van der Waals surface area contributed by atoms with Gasteiger partial charge in [-0.25, -0.2) is 9.97 Å². The molecule has 154 valence electrons. The van der Waals surface area contributed by atoms with E-state index < -0.39 is 0 Å². The van der Waals surface area contributed by atoms with Crippen LogP contribution in [0.15, 0.2) is 30.3 Å². The van der Waals surface area contributed by atoms with Gasteiger partial charge in [0.05, 0.1) is 18.3 Å². The summed E-state index contributed by atoms with van der Waals surface area (Å²) in [5, 5.41) is 3.26. The van der Waals surface area contributed by atoms with Crippen molar-refractivity contribution < 1.29 is 4.79 Å². The van der Waals surface area contributed by atoms with Gasteiger partial charge in [0.1, 0.15) is 11.6 Å². The van der Waals surface area contributed by atoms with Gasteiger partial charge in [0, 0.05) is 39.0 Å². The Labute approximate surface area is 173 Å². The number of nitrogens with one attached hydrogen (secondary N) is 1. The van der Waals surface area contributed by atoms with Crippen LogP contribution in [0.2, 0.25) is 0 Å². The maximum absolute atomic E-state index is 11.8. The van der Waals surface area contributed by atoms with Gasteiger partial charge in [0.25, 0.3) is 0 Å². The number of aromatic nitrogens is 2. The molecule has 0 bridgehead atoms. The molecule has 29 heavy (non-hydrogen) atoms. The number of likely N-dealkylation sites (tertiary alicyclic amines) is 1. The highest BCUT2D eigenvalue weighted by Gasteiger charge is 2.29. The summed E-state index contributed by atoms with van der Waals surface area (Å²) in [7, 11) is 1.91. The second-order valence-corrected chi connectivity index (χ2v) is 8.08. The third kappa shape index (κ3) is 4.42. The number of hydrogen-bond donors (Lipinski definition) is 1.